The number of aliphatic imine (C=N–C) groups is 1. The summed E-state index contributed by atoms with van der Waals surface area (Å²) in [6.45, 7) is 0. The molecular weight excluding hydrogens is 396 g/mol. The molecule has 1 aromatic heterocycles. The minimum atomic E-state index is -0.599. The second-order valence-corrected chi connectivity index (χ2v) is 10.8. The van der Waals surface area contributed by atoms with Crippen LogP contribution in [-0.2, 0) is 11.2 Å². The van der Waals surface area contributed by atoms with E-state index in [0.29, 0.717) is 11.9 Å². The molecular formula is C27H42N4O. The minimum absolute atomic E-state index is 0.143. The van der Waals surface area contributed by atoms with E-state index in [1.807, 2.05) is 18.5 Å². The molecule has 3 atom stereocenters. The van der Waals surface area contributed by atoms with Gasteiger partial charge in [0.2, 0.25) is 0 Å². The van der Waals surface area contributed by atoms with Gasteiger partial charge in [-0.1, -0.05) is 63.9 Å². The van der Waals surface area contributed by atoms with Crippen molar-refractivity contribution in [2.45, 2.75) is 102 Å². The Morgan fingerprint density at radius 3 is 2.56 bits per heavy atom. The average molecular weight is 439 g/mol. The van der Waals surface area contributed by atoms with Crippen LogP contribution in [-0.4, -0.2) is 34.3 Å². The first kappa shape index (κ1) is 23.3. The fourth-order valence-electron chi connectivity index (χ4n) is 6.54. The molecule has 5 nitrogen and oxygen atoms in total. The van der Waals surface area contributed by atoms with Gasteiger partial charge in [0.05, 0.1) is 0 Å². The summed E-state index contributed by atoms with van der Waals surface area (Å²) in [6.07, 6.45) is 22.1. The second kappa shape index (κ2) is 10.8. The Labute approximate surface area is 194 Å². The standard InChI is InChI=1S/C27H42N4O/c1-31-25(32)27(30-26(31)28,16-15-21-8-3-2-4-9-21)19-24-13-6-11-22(18-24)10-5-12-23-14-7-17-29-20-23/h7,14,17,20-22,24H,2-6,8-13,15-16,18-19H2,1H3,(H2,28,30)/t22-,24+,27+/m0/s1. The van der Waals surface area contributed by atoms with Crippen molar-refractivity contribution in [2.75, 3.05) is 7.05 Å². The summed E-state index contributed by atoms with van der Waals surface area (Å²) in [4.78, 5) is 24.0. The van der Waals surface area contributed by atoms with Crippen molar-refractivity contribution in [3.8, 4) is 0 Å². The van der Waals surface area contributed by atoms with Crippen molar-refractivity contribution in [2.24, 2.45) is 28.5 Å². The Bertz CT molecular complexity index is 773. The minimum Gasteiger partial charge on any atom is -0.369 e. The molecule has 2 saturated carbocycles. The first-order valence-electron chi connectivity index (χ1n) is 13.1. The van der Waals surface area contributed by atoms with Crippen LogP contribution in [0.4, 0.5) is 0 Å². The highest BCUT2D eigenvalue weighted by molar-refractivity contribution is 6.06. The van der Waals surface area contributed by atoms with E-state index in [4.69, 9.17) is 10.7 Å². The van der Waals surface area contributed by atoms with E-state index >= 15 is 0 Å². The third kappa shape index (κ3) is 5.71. The second-order valence-electron chi connectivity index (χ2n) is 10.8. The first-order valence-corrected chi connectivity index (χ1v) is 13.1. The molecule has 0 unspecified atom stereocenters. The van der Waals surface area contributed by atoms with Gasteiger partial charge in [-0.15, -0.1) is 0 Å². The van der Waals surface area contributed by atoms with Crippen LogP contribution in [0.25, 0.3) is 0 Å². The number of guanidine groups is 1. The number of aryl methyl sites for hydroxylation is 1. The number of carbonyl (C=O) groups excluding carboxylic acids is 1. The molecule has 1 aliphatic heterocycles. The summed E-state index contributed by atoms with van der Waals surface area (Å²) in [6, 6.07) is 4.21. The number of aromatic nitrogens is 1. The van der Waals surface area contributed by atoms with Gasteiger partial charge in [0.25, 0.3) is 5.91 Å². The molecule has 0 saturated heterocycles. The fourth-order valence-corrected chi connectivity index (χ4v) is 6.54. The molecule has 5 heteroatoms. The topological polar surface area (TPSA) is 71.6 Å². The smallest absolute Gasteiger partial charge is 0.257 e. The highest BCUT2D eigenvalue weighted by atomic mass is 16.2. The van der Waals surface area contributed by atoms with Crippen molar-refractivity contribution in [3.05, 3.63) is 30.1 Å². The Morgan fingerprint density at radius 2 is 1.84 bits per heavy atom. The van der Waals surface area contributed by atoms with Crippen LogP contribution in [0.2, 0.25) is 0 Å². The molecule has 3 aliphatic rings. The number of hydrogen-bond acceptors (Lipinski definition) is 4. The number of likely N-dealkylation sites (N-methyl/N-ethyl adjacent to an activating group) is 1. The first-order chi connectivity index (χ1) is 15.6. The molecule has 2 fully saturated rings. The maximum atomic E-state index is 13.3. The maximum Gasteiger partial charge on any atom is 0.257 e. The molecule has 32 heavy (non-hydrogen) atoms. The van der Waals surface area contributed by atoms with Gasteiger partial charge in [-0.3, -0.25) is 14.7 Å². The predicted molar refractivity (Wildman–Crippen MR) is 130 cm³/mol. The number of nitrogens with two attached hydrogens (primary N) is 1. The number of pyridine rings is 1. The highest BCUT2D eigenvalue weighted by Crippen LogP contribution is 2.42. The Kier molecular flexibility index (Phi) is 7.85. The van der Waals surface area contributed by atoms with Crippen LogP contribution in [0, 0.1) is 17.8 Å². The highest BCUT2D eigenvalue weighted by Gasteiger charge is 2.47. The average Bonchev–Trinajstić information content (AvgIpc) is 3.03. The zero-order valence-electron chi connectivity index (χ0n) is 20.0. The van der Waals surface area contributed by atoms with Gasteiger partial charge < -0.3 is 5.73 Å². The van der Waals surface area contributed by atoms with Gasteiger partial charge in [-0.2, -0.15) is 0 Å². The van der Waals surface area contributed by atoms with E-state index in [1.165, 1.54) is 76.2 Å². The summed E-state index contributed by atoms with van der Waals surface area (Å²) in [5.74, 6) is 2.69. The lowest BCUT2D eigenvalue weighted by Crippen LogP contribution is -2.44. The molecule has 1 aromatic rings. The quantitative estimate of drug-likeness (QED) is 0.554. The summed E-state index contributed by atoms with van der Waals surface area (Å²) >= 11 is 0. The molecule has 0 spiro atoms. The molecule has 1 amide bonds. The Balaban J connectivity index is 1.34. The van der Waals surface area contributed by atoms with Gasteiger partial charge in [0.1, 0.15) is 5.54 Å². The number of carbonyl (C=O) groups is 1. The largest absolute Gasteiger partial charge is 0.369 e. The SMILES string of the molecule is CN1C(=O)[C@@](CCC2CCCCC2)(C[C@@H]2CCC[C@H](CCCc3cccnc3)C2)N=C1N. The lowest BCUT2D eigenvalue weighted by Gasteiger charge is -2.35. The number of nitrogens with zero attached hydrogens (tertiary/aromatic N) is 3. The van der Waals surface area contributed by atoms with Crippen molar-refractivity contribution in [1.82, 2.24) is 9.88 Å². The van der Waals surface area contributed by atoms with Gasteiger partial charge in [-0.25, -0.2) is 4.99 Å². The van der Waals surface area contributed by atoms with Gasteiger partial charge in [-0.05, 0) is 67.9 Å². The molecule has 0 radical (unpaired) electrons. The zero-order valence-corrected chi connectivity index (χ0v) is 20.0. The molecule has 4 rings (SSSR count). The number of rotatable bonds is 9. The summed E-state index contributed by atoms with van der Waals surface area (Å²) in [5, 5.41) is 0. The third-order valence-corrected chi connectivity index (χ3v) is 8.38. The fraction of sp³-hybridized carbons (Fsp3) is 0.741. The predicted octanol–water partition coefficient (Wildman–Crippen LogP) is 5.49. The van der Waals surface area contributed by atoms with Crippen LogP contribution in [0.3, 0.4) is 0 Å². The van der Waals surface area contributed by atoms with Crippen LogP contribution in [0.1, 0.15) is 95.5 Å². The lowest BCUT2D eigenvalue weighted by molar-refractivity contribution is -0.131. The third-order valence-electron chi connectivity index (χ3n) is 8.38. The zero-order chi connectivity index (χ0) is 22.4. The molecule has 0 bridgehead atoms. The van der Waals surface area contributed by atoms with Crippen molar-refractivity contribution < 1.29 is 4.79 Å². The van der Waals surface area contributed by atoms with Crippen molar-refractivity contribution in [1.29, 1.82) is 0 Å². The maximum absolute atomic E-state index is 13.3. The summed E-state index contributed by atoms with van der Waals surface area (Å²) in [7, 11) is 1.80. The molecule has 2 aliphatic carbocycles. The number of amides is 1. The molecule has 2 N–H and O–H groups in total. The van der Waals surface area contributed by atoms with Crippen LogP contribution in [0.5, 0.6) is 0 Å². The normalized spacial score (nSPS) is 29.3. The Hall–Kier alpha value is -1.91. The van der Waals surface area contributed by atoms with Crippen LogP contribution in [0.15, 0.2) is 29.5 Å². The van der Waals surface area contributed by atoms with Crippen LogP contribution >= 0.6 is 0 Å². The molecule has 0 aromatic carbocycles. The van der Waals surface area contributed by atoms with E-state index in [2.05, 4.69) is 11.1 Å². The Morgan fingerprint density at radius 1 is 1.06 bits per heavy atom. The summed E-state index contributed by atoms with van der Waals surface area (Å²) in [5.41, 5.74) is 6.90. The van der Waals surface area contributed by atoms with Gasteiger partial charge in [0, 0.05) is 19.4 Å². The van der Waals surface area contributed by atoms with E-state index < -0.39 is 5.54 Å². The van der Waals surface area contributed by atoms with Crippen LogP contribution < -0.4 is 5.73 Å². The monoisotopic (exact) mass is 438 g/mol. The van der Waals surface area contributed by atoms with Gasteiger partial charge in [0.15, 0.2) is 5.96 Å². The van der Waals surface area contributed by atoms with Gasteiger partial charge >= 0.3 is 0 Å². The van der Waals surface area contributed by atoms with E-state index in [1.54, 1.807) is 11.9 Å². The number of hydrogen-bond donors (Lipinski definition) is 1. The van der Waals surface area contributed by atoms with E-state index in [9.17, 15) is 4.79 Å². The molecule has 2 heterocycles. The van der Waals surface area contributed by atoms with E-state index in [0.717, 1.165) is 37.5 Å². The van der Waals surface area contributed by atoms with Crippen molar-refractivity contribution in [3.63, 3.8) is 0 Å². The molecule has 176 valence electrons. The van der Waals surface area contributed by atoms with Crippen molar-refractivity contribution >= 4 is 11.9 Å². The lowest BCUT2D eigenvalue weighted by atomic mass is 9.72. The van der Waals surface area contributed by atoms with E-state index in [-0.39, 0.29) is 5.91 Å². The summed E-state index contributed by atoms with van der Waals surface area (Å²) < 4.78 is 0.